The second-order valence-corrected chi connectivity index (χ2v) is 5.84. The zero-order chi connectivity index (χ0) is 20.3. The number of rotatable bonds is 5. The summed E-state index contributed by atoms with van der Waals surface area (Å²) in [5.41, 5.74) is 5.26. The van der Waals surface area contributed by atoms with Crippen LogP contribution in [0.2, 0.25) is 0 Å². The third-order valence-electron chi connectivity index (χ3n) is 3.92. The molecule has 1 heterocycles. The molecule has 3 rings (SSSR count). The zero-order valence-electron chi connectivity index (χ0n) is 14.3. The maximum atomic E-state index is 12.8. The van der Waals surface area contributed by atoms with Crippen LogP contribution < -0.4 is 5.73 Å². The number of nitrogens with two attached hydrogens (primary N) is 1. The van der Waals surface area contributed by atoms with Crippen molar-refractivity contribution >= 4 is 11.9 Å². The summed E-state index contributed by atoms with van der Waals surface area (Å²) in [4.78, 5) is 23.5. The Bertz CT molecular complexity index is 1020. The highest BCUT2D eigenvalue weighted by atomic mass is 19.4. The van der Waals surface area contributed by atoms with Crippen molar-refractivity contribution in [3.8, 4) is 11.3 Å². The molecule has 1 amide bonds. The summed E-state index contributed by atoms with van der Waals surface area (Å²) in [5.74, 6) is -1.56. The highest BCUT2D eigenvalue weighted by molar-refractivity contribution is 5.94. The Balaban J connectivity index is 1.74. The molecule has 0 aliphatic carbocycles. The van der Waals surface area contributed by atoms with E-state index in [1.54, 1.807) is 18.2 Å². The van der Waals surface area contributed by atoms with E-state index >= 15 is 0 Å². The van der Waals surface area contributed by atoms with Crippen molar-refractivity contribution in [2.24, 2.45) is 5.73 Å². The second-order valence-electron chi connectivity index (χ2n) is 5.84. The van der Waals surface area contributed by atoms with Gasteiger partial charge in [-0.25, -0.2) is 4.79 Å². The molecule has 2 aromatic carbocycles. The van der Waals surface area contributed by atoms with Gasteiger partial charge in [0.05, 0.1) is 5.56 Å². The molecule has 0 aliphatic heterocycles. The van der Waals surface area contributed by atoms with E-state index in [4.69, 9.17) is 14.9 Å². The molecule has 0 saturated carbocycles. The van der Waals surface area contributed by atoms with Crippen molar-refractivity contribution in [1.82, 2.24) is 0 Å². The second kappa shape index (κ2) is 7.59. The number of amides is 1. The summed E-state index contributed by atoms with van der Waals surface area (Å²) in [6.07, 6.45) is -4.49. The fourth-order valence-electron chi connectivity index (χ4n) is 2.55. The van der Waals surface area contributed by atoms with E-state index in [2.05, 4.69) is 0 Å². The molecule has 0 saturated heterocycles. The first-order valence-corrected chi connectivity index (χ1v) is 8.08. The highest BCUT2D eigenvalue weighted by Gasteiger charge is 2.30. The van der Waals surface area contributed by atoms with E-state index in [0.717, 1.165) is 12.1 Å². The monoisotopic (exact) mass is 389 g/mol. The number of halogens is 3. The summed E-state index contributed by atoms with van der Waals surface area (Å²) in [6, 6.07) is 13.6. The molecule has 0 spiro atoms. The van der Waals surface area contributed by atoms with Crippen LogP contribution in [0.1, 0.15) is 32.0 Å². The van der Waals surface area contributed by atoms with Crippen LogP contribution in [0.3, 0.4) is 0 Å². The van der Waals surface area contributed by atoms with E-state index in [9.17, 15) is 22.8 Å². The van der Waals surface area contributed by atoms with Gasteiger partial charge in [0, 0.05) is 16.7 Å². The van der Waals surface area contributed by atoms with Crippen LogP contribution in [-0.4, -0.2) is 11.9 Å². The molecule has 0 aliphatic rings. The normalized spacial score (nSPS) is 11.2. The first kappa shape index (κ1) is 19.2. The van der Waals surface area contributed by atoms with Gasteiger partial charge in [-0.1, -0.05) is 30.3 Å². The molecule has 5 nitrogen and oxygen atoms in total. The predicted octanol–water partition coefficient (Wildman–Crippen LogP) is 4.42. The average molecular weight is 389 g/mol. The smallest absolute Gasteiger partial charge is 0.416 e. The quantitative estimate of drug-likeness (QED) is 0.655. The Morgan fingerprint density at radius 2 is 1.75 bits per heavy atom. The number of furan rings is 1. The molecule has 2 N–H and O–H groups in total. The first-order valence-electron chi connectivity index (χ1n) is 8.08. The minimum absolute atomic E-state index is 0.0931. The van der Waals surface area contributed by atoms with Gasteiger partial charge in [-0.2, -0.15) is 13.2 Å². The summed E-state index contributed by atoms with van der Waals surface area (Å²) >= 11 is 0. The number of benzene rings is 2. The van der Waals surface area contributed by atoms with Crippen LogP contribution in [0, 0.1) is 0 Å². The van der Waals surface area contributed by atoms with E-state index in [1.165, 1.54) is 30.3 Å². The van der Waals surface area contributed by atoms with Crippen LogP contribution in [-0.2, 0) is 17.5 Å². The lowest BCUT2D eigenvalue weighted by molar-refractivity contribution is -0.137. The molecule has 0 unspecified atom stereocenters. The van der Waals surface area contributed by atoms with E-state index in [-0.39, 0.29) is 29.3 Å². The van der Waals surface area contributed by atoms with Crippen molar-refractivity contribution in [3.63, 3.8) is 0 Å². The summed E-state index contributed by atoms with van der Waals surface area (Å²) in [7, 11) is 0. The van der Waals surface area contributed by atoms with Gasteiger partial charge >= 0.3 is 12.1 Å². The van der Waals surface area contributed by atoms with Gasteiger partial charge < -0.3 is 14.9 Å². The van der Waals surface area contributed by atoms with Gasteiger partial charge in [-0.3, -0.25) is 4.79 Å². The first-order chi connectivity index (χ1) is 13.3. The Morgan fingerprint density at radius 3 is 2.46 bits per heavy atom. The molecule has 8 heteroatoms. The van der Waals surface area contributed by atoms with Crippen molar-refractivity contribution in [2.45, 2.75) is 12.8 Å². The Morgan fingerprint density at radius 1 is 1.00 bits per heavy atom. The van der Waals surface area contributed by atoms with Gasteiger partial charge in [-0.15, -0.1) is 0 Å². The molecule has 0 radical (unpaired) electrons. The van der Waals surface area contributed by atoms with Crippen molar-refractivity contribution in [3.05, 3.63) is 83.1 Å². The fraction of sp³-hybridized carbons (Fsp3) is 0.100. The molecule has 3 aromatic rings. The number of primary amides is 1. The third-order valence-corrected chi connectivity index (χ3v) is 3.92. The predicted molar refractivity (Wildman–Crippen MR) is 93.2 cm³/mol. The summed E-state index contributed by atoms with van der Waals surface area (Å²) < 4.78 is 48.9. The van der Waals surface area contributed by atoms with E-state index < -0.39 is 23.6 Å². The van der Waals surface area contributed by atoms with Crippen molar-refractivity contribution < 1.29 is 31.9 Å². The molecule has 144 valence electrons. The number of carbonyl (C=O) groups is 2. The van der Waals surface area contributed by atoms with Crippen LogP contribution in [0.5, 0.6) is 0 Å². The lowest BCUT2D eigenvalue weighted by atomic mass is 10.1. The lowest BCUT2D eigenvalue weighted by Crippen LogP contribution is -2.15. The Hall–Kier alpha value is -3.55. The standard InChI is InChI=1S/C20H14F3NO4/c21-20(22,23)14-6-3-5-12(10-14)16-8-9-17(28-16)19(26)27-11-13-4-1-2-7-15(13)18(24)25/h1-10H,11H2,(H2,24,25). The fourth-order valence-corrected chi connectivity index (χ4v) is 2.55. The number of hydrogen-bond acceptors (Lipinski definition) is 4. The van der Waals surface area contributed by atoms with Crippen LogP contribution in [0.4, 0.5) is 13.2 Å². The summed E-state index contributed by atoms with van der Waals surface area (Å²) in [5, 5.41) is 0. The van der Waals surface area contributed by atoms with Gasteiger partial charge in [0.1, 0.15) is 12.4 Å². The topological polar surface area (TPSA) is 82.5 Å². The van der Waals surface area contributed by atoms with Crippen molar-refractivity contribution in [2.75, 3.05) is 0 Å². The van der Waals surface area contributed by atoms with E-state index in [1.807, 2.05) is 0 Å². The van der Waals surface area contributed by atoms with Gasteiger partial charge in [0.2, 0.25) is 11.7 Å². The number of esters is 1. The van der Waals surface area contributed by atoms with Gasteiger partial charge in [0.15, 0.2) is 0 Å². The SMILES string of the molecule is NC(=O)c1ccccc1COC(=O)c1ccc(-c2cccc(C(F)(F)F)c2)o1. The average Bonchev–Trinajstić information content (AvgIpc) is 3.16. The number of ether oxygens (including phenoxy) is 1. The molecule has 0 bridgehead atoms. The van der Waals surface area contributed by atoms with E-state index in [0.29, 0.717) is 5.56 Å². The van der Waals surface area contributed by atoms with Crippen LogP contribution >= 0.6 is 0 Å². The Labute approximate surface area is 157 Å². The number of carbonyl (C=O) groups excluding carboxylic acids is 2. The largest absolute Gasteiger partial charge is 0.455 e. The summed E-state index contributed by atoms with van der Waals surface area (Å²) in [6.45, 7) is -0.211. The Kier molecular flexibility index (Phi) is 5.21. The maximum absolute atomic E-state index is 12.8. The minimum Gasteiger partial charge on any atom is -0.455 e. The maximum Gasteiger partial charge on any atom is 0.416 e. The van der Waals surface area contributed by atoms with Gasteiger partial charge in [0.25, 0.3) is 0 Å². The third kappa shape index (κ3) is 4.22. The number of alkyl halides is 3. The van der Waals surface area contributed by atoms with Crippen LogP contribution in [0.15, 0.2) is 65.1 Å². The molecular weight excluding hydrogens is 375 g/mol. The molecule has 28 heavy (non-hydrogen) atoms. The number of hydrogen-bond donors (Lipinski definition) is 1. The zero-order valence-corrected chi connectivity index (χ0v) is 14.3. The molecule has 1 aromatic heterocycles. The minimum atomic E-state index is -4.49. The molecule has 0 atom stereocenters. The van der Waals surface area contributed by atoms with Crippen LogP contribution in [0.25, 0.3) is 11.3 Å². The lowest BCUT2D eigenvalue weighted by Gasteiger charge is -2.08. The van der Waals surface area contributed by atoms with Gasteiger partial charge in [-0.05, 0) is 30.3 Å². The molecule has 0 fully saturated rings. The highest BCUT2D eigenvalue weighted by Crippen LogP contribution is 2.32. The molecular formula is C20H14F3NO4. The van der Waals surface area contributed by atoms with Crippen molar-refractivity contribution in [1.29, 1.82) is 0 Å².